The van der Waals surface area contributed by atoms with Crippen molar-refractivity contribution in [2.75, 3.05) is 6.61 Å². The number of aliphatic carboxylic acids is 1. The minimum atomic E-state index is -2.66. The maximum atomic E-state index is 11.1. The van der Waals surface area contributed by atoms with E-state index in [2.05, 4.69) is 5.32 Å². The summed E-state index contributed by atoms with van der Waals surface area (Å²) in [5, 5.41) is 58.6. The molecule has 0 aromatic rings. The van der Waals surface area contributed by atoms with E-state index in [1.54, 1.807) is 0 Å². The number of hydrogen-bond donors (Lipinski definition) is 7. The molecule has 122 valence electrons. The van der Waals surface area contributed by atoms with Gasteiger partial charge in [0.15, 0.2) is 0 Å². The van der Waals surface area contributed by atoms with Gasteiger partial charge in [-0.25, -0.2) is 4.79 Å². The van der Waals surface area contributed by atoms with Crippen LogP contribution in [0.5, 0.6) is 0 Å². The zero-order chi connectivity index (χ0) is 16.4. The third-order valence-corrected chi connectivity index (χ3v) is 3.20. The van der Waals surface area contributed by atoms with E-state index >= 15 is 0 Å². The fraction of sp³-hybridized carbons (Fsp3) is 0.818. The molecule has 0 radical (unpaired) electrons. The number of amides is 1. The highest BCUT2D eigenvalue weighted by atomic mass is 16.7. The molecule has 1 heterocycles. The minimum Gasteiger partial charge on any atom is -0.477 e. The first-order chi connectivity index (χ1) is 9.62. The molecule has 10 heteroatoms. The minimum absolute atomic E-state index is 0.647. The molecule has 1 rings (SSSR count). The Hall–Kier alpha value is -1.30. The van der Waals surface area contributed by atoms with E-state index < -0.39 is 61.1 Å². The molecule has 10 nitrogen and oxygen atoms in total. The number of nitrogens with one attached hydrogen (secondary N) is 1. The van der Waals surface area contributed by atoms with Crippen LogP contribution in [0.3, 0.4) is 0 Å². The molecule has 21 heavy (non-hydrogen) atoms. The number of carbonyl (C=O) groups excluding carboxylic acids is 1. The summed E-state index contributed by atoms with van der Waals surface area (Å²) in [6, 6.07) is -1.42. The van der Waals surface area contributed by atoms with E-state index in [1.807, 2.05) is 0 Å². The number of carbonyl (C=O) groups is 2. The lowest BCUT2D eigenvalue weighted by Gasteiger charge is -2.32. The zero-order valence-corrected chi connectivity index (χ0v) is 11.2. The fourth-order valence-corrected chi connectivity index (χ4v) is 2.15. The Bertz CT molecular complexity index is 403. The standard InChI is InChI=1S/C11H19NO9/c1-4(14)12-7(8(17)6(16)3-13)9-5(15)2-11(20,21-9)10(18)19/h5-9,13,15-17,20H,2-3H2,1H3,(H,12,14)(H,18,19)/t5-,6+,7+,8+,9+,11?/m0/s1. The van der Waals surface area contributed by atoms with Crippen molar-refractivity contribution in [3.8, 4) is 0 Å². The molecule has 1 aliphatic rings. The van der Waals surface area contributed by atoms with Gasteiger partial charge in [0, 0.05) is 13.3 Å². The Morgan fingerprint density at radius 3 is 2.38 bits per heavy atom. The summed E-state index contributed by atoms with van der Waals surface area (Å²) in [5.41, 5.74) is 0. The molecule has 0 spiro atoms. The highest BCUT2D eigenvalue weighted by molar-refractivity contribution is 5.76. The average molecular weight is 309 g/mol. The van der Waals surface area contributed by atoms with Gasteiger partial charge in [0.05, 0.1) is 18.8 Å². The van der Waals surface area contributed by atoms with Crippen LogP contribution in [0.15, 0.2) is 0 Å². The largest absolute Gasteiger partial charge is 0.477 e. The van der Waals surface area contributed by atoms with Crippen LogP contribution >= 0.6 is 0 Å². The van der Waals surface area contributed by atoms with Crippen molar-refractivity contribution in [2.24, 2.45) is 0 Å². The van der Waals surface area contributed by atoms with Crippen LogP contribution < -0.4 is 5.32 Å². The molecular weight excluding hydrogens is 290 g/mol. The van der Waals surface area contributed by atoms with E-state index in [1.165, 1.54) is 0 Å². The number of carboxylic acids is 1. The first-order valence-electron chi connectivity index (χ1n) is 6.18. The summed E-state index contributed by atoms with van der Waals surface area (Å²) in [6.45, 7) is 0.263. The van der Waals surface area contributed by atoms with E-state index in [-0.39, 0.29) is 0 Å². The summed E-state index contributed by atoms with van der Waals surface area (Å²) < 4.78 is 4.84. The molecule has 0 aliphatic carbocycles. The summed E-state index contributed by atoms with van der Waals surface area (Å²) >= 11 is 0. The van der Waals surface area contributed by atoms with Gasteiger partial charge in [0.25, 0.3) is 5.79 Å². The molecule has 0 aromatic carbocycles. The number of aliphatic hydroxyl groups is 5. The lowest BCUT2D eigenvalue weighted by Crippen LogP contribution is -2.58. The molecule has 1 unspecified atom stereocenters. The molecule has 1 saturated heterocycles. The van der Waals surface area contributed by atoms with Gasteiger partial charge in [0.1, 0.15) is 18.3 Å². The zero-order valence-electron chi connectivity index (χ0n) is 11.2. The molecule has 7 N–H and O–H groups in total. The molecule has 0 bridgehead atoms. The lowest BCUT2D eigenvalue weighted by atomic mass is 9.96. The molecule has 1 fully saturated rings. The Kier molecular flexibility index (Phi) is 5.61. The second-order valence-electron chi connectivity index (χ2n) is 4.91. The Labute approximate surface area is 119 Å². The van der Waals surface area contributed by atoms with Crippen LogP contribution in [-0.2, 0) is 14.3 Å². The van der Waals surface area contributed by atoms with Gasteiger partial charge in [-0.2, -0.15) is 0 Å². The van der Waals surface area contributed by atoms with Crippen LogP contribution in [-0.4, -0.2) is 85.4 Å². The number of aliphatic hydroxyl groups excluding tert-OH is 4. The molecule has 0 aromatic heterocycles. The quantitative estimate of drug-likeness (QED) is 0.258. The predicted molar refractivity (Wildman–Crippen MR) is 64.8 cm³/mol. The third-order valence-electron chi connectivity index (χ3n) is 3.20. The number of hydrogen-bond acceptors (Lipinski definition) is 8. The Balaban J connectivity index is 2.98. The summed E-state index contributed by atoms with van der Waals surface area (Å²) in [5.74, 6) is -5.04. The van der Waals surface area contributed by atoms with E-state index in [9.17, 15) is 30.0 Å². The van der Waals surface area contributed by atoms with Gasteiger partial charge in [0.2, 0.25) is 5.91 Å². The molecule has 0 saturated carbocycles. The van der Waals surface area contributed by atoms with Gasteiger partial charge >= 0.3 is 5.97 Å². The van der Waals surface area contributed by atoms with Crippen molar-refractivity contribution < 1.29 is 45.0 Å². The number of ether oxygens (including phenoxy) is 1. The highest BCUT2D eigenvalue weighted by Crippen LogP contribution is 2.31. The maximum Gasteiger partial charge on any atom is 0.364 e. The van der Waals surface area contributed by atoms with Crippen LogP contribution in [0.2, 0.25) is 0 Å². The van der Waals surface area contributed by atoms with Crippen LogP contribution in [0, 0.1) is 0 Å². The first kappa shape index (κ1) is 17.8. The number of carboxylic acid groups (broad SMARTS) is 1. The van der Waals surface area contributed by atoms with E-state index in [4.69, 9.17) is 14.9 Å². The summed E-state index contributed by atoms with van der Waals surface area (Å²) in [4.78, 5) is 22.0. The summed E-state index contributed by atoms with van der Waals surface area (Å²) in [6.07, 6.45) is -7.06. The van der Waals surface area contributed by atoms with Crippen LogP contribution in [0.4, 0.5) is 0 Å². The highest BCUT2D eigenvalue weighted by Gasteiger charge is 2.54. The molecule has 1 amide bonds. The Morgan fingerprint density at radius 1 is 1.43 bits per heavy atom. The van der Waals surface area contributed by atoms with Gasteiger partial charge < -0.3 is 40.7 Å². The molecular formula is C11H19NO9. The second-order valence-corrected chi connectivity index (χ2v) is 4.91. The van der Waals surface area contributed by atoms with Crippen LogP contribution in [0.25, 0.3) is 0 Å². The topological polar surface area (TPSA) is 177 Å². The van der Waals surface area contributed by atoms with Gasteiger partial charge in [-0.3, -0.25) is 4.79 Å². The first-order valence-corrected chi connectivity index (χ1v) is 6.18. The van der Waals surface area contributed by atoms with Gasteiger partial charge in [-0.1, -0.05) is 0 Å². The van der Waals surface area contributed by atoms with Crippen molar-refractivity contribution in [1.29, 1.82) is 0 Å². The summed E-state index contributed by atoms with van der Waals surface area (Å²) in [7, 11) is 0. The predicted octanol–water partition coefficient (Wildman–Crippen LogP) is -3.87. The SMILES string of the molecule is CC(=O)N[C@H]([C@H](O)[C@H](O)CO)[C@@H]1OC(O)(C(=O)O)C[C@@H]1O. The monoisotopic (exact) mass is 309 g/mol. The van der Waals surface area contributed by atoms with Crippen molar-refractivity contribution in [3.05, 3.63) is 0 Å². The third kappa shape index (κ3) is 3.87. The van der Waals surface area contributed by atoms with E-state index in [0.717, 1.165) is 6.92 Å². The van der Waals surface area contributed by atoms with Crippen molar-refractivity contribution in [3.63, 3.8) is 0 Å². The number of rotatable bonds is 6. The van der Waals surface area contributed by atoms with E-state index in [0.29, 0.717) is 0 Å². The average Bonchev–Trinajstić information content (AvgIpc) is 2.70. The van der Waals surface area contributed by atoms with Crippen molar-refractivity contribution in [2.45, 2.75) is 49.6 Å². The maximum absolute atomic E-state index is 11.1. The normalized spacial score (nSPS) is 33.2. The fourth-order valence-electron chi connectivity index (χ4n) is 2.15. The smallest absolute Gasteiger partial charge is 0.364 e. The molecule has 6 atom stereocenters. The van der Waals surface area contributed by atoms with Crippen molar-refractivity contribution in [1.82, 2.24) is 5.32 Å². The van der Waals surface area contributed by atoms with Crippen molar-refractivity contribution >= 4 is 11.9 Å². The van der Waals surface area contributed by atoms with Gasteiger partial charge in [-0.15, -0.1) is 0 Å². The van der Waals surface area contributed by atoms with Crippen LogP contribution in [0.1, 0.15) is 13.3 Å². The lowest BCUT2D eigenvalue weighted by molar-refractivity contribution is -0.223. The Morgan fingerprint density at radius 2 is 2.00 bits per heavy atom. The second kappa shape index (κ2) is 6.64. The molecule has 1 aliphatic heterocycles. The van der Waals surface area contributed by atoms with Gasteiger partial charge in [-0.05, 0) is 0 Å².